The number of nitrogens with zero attached hydrogens (tertiary/aromatic N) is 1. The molecule has 2 aromatic carbocycles. The van der Waals surface area contributed by atoms with Crippen LogP contribution in [0.3, 0.4) is 0 Å². The molecule has 7 heteroatoms. The van der Waals surface area contributed by atoms with Crippen LogP contribution >= 0.6 is 0 Å². The summed E-state index contributed by atoms with van der Waals surface area (Å²) >= 11 is 0. The zero-order valence-corrected chi connectivity index (χ0v) is 21.5. The zero-order valence-electron chi connectivity index (χ0n) is 21.5. The molecule has 6 nitrogen and oxygen atoms in total. The molecule has 1 saturated heterocycles. The first-order valence-electron chi connectivity index (χ1n) is 12.3. The molecule has 0 spiro atoms. The first-order valence-corrected chi connectivity index (χ1v) is 12.3. The van der Waals surface area contributed by atoms with Gasteiger partial charge in [0.2, 0.25) is 0 Å². The summed E-state index contributed by atoms with van der Waals surface area (Å²) in [7, 11) is 1.60. The second kappa shape index (κ2) is 11.4. The number of methoxy groups -OCH3 is 1. The summed E-state index contributed by atoms with van der Waals surface area (Å²) in [5.74, 6) is -0.351. The van der Waals surface area contributed by atoms with E-state index >= 15 is 4.39 Å². The van der Waals surface area contributed by atoms with E-state index in [1.54, 1.807) is 36.3 Å². The third kappa shape index (κ3) is 6.73. The smallest absolute Gasteiger partial charge is 0.410 e. The molecule has 1 amide bonds. The lowest BCUT2D eigenvalue weighted by Gasteiger charge is -2.43. The third-order valence-electron chi connectivity index (χ3n) is 6.40. The van der Waals surface area contributed by atoms with Crippen molar-refractivity contribution in [2.75, 3.05) is 26.8 Å². The molecule has 0 radical (unpaired) electrons. The summed E-state index contributed by atoms with van der Waals surface area (Å²) in [6.07, 6.45) is 1.76. The number of amides is 1. The maximum Gasteiger partial charge on any atom is 0.410 e. The second-order valence-corrected chi connectivity index (χ2v) is 10.3. The number of benzene rings is 2. The van der Waals surface area contributed by atoms with E-state index < -0.39 is 23.1 Å². The van der Waals surface area contributed by atoms with Crippen LogP contribution in [0.1, 0.15) is 57.6 Å². The lowest BCUT2D eigenvalue weighted by molar-refractivity contribution is -0.0681. The first-order chi connectivity index (χ1) is 16.5. The van der Waals surface area contributed by atoms with E-state index in [2.05, 4.69) is 0 Å². The van der Waals surface area contributed by atoms with Crippen molar-refractivity contribution < 1.29 is 28.5 Å². The predicted octanol–water partition coefficient (Wildman–Crippen LogP) is 6.19. The Bertz CT molecular complexity index is 1010. The largest absolute Gasteiger partial charge is 0.454 e. The number of carbonyl (C=O) groups is 1. The van der Waals surface area contributed by atoms with Crippen molar-refractivity contribution in [1.29, 1.82) is 0 Å². The van der Waals surface area contributed by atoms with Gasteiger partial charge >= 0.3 is 6.09 Å². The van der Waals surface area contributed by atoms with Crippen LogP contribution in [0.15, 0.2) is 42.5 Å². The maximum atomic E-state index is 15.9. The van der Waals surface area contributed by atoms with E-state index in [0.29, 0.717) is 44.6 Å². The van der Waals surface area contributed by atoms with E-state index in [1.165, 1.54) is 0 Å². The van der Waals surface area contributed by atoms with Crippen LogP contribution in [0.4, 0.5) is 9.18 Å². The molecule has 0 aliphatic carbocycles. The number of carbonyl (C=O) groups excluding carboxylic acids is 1. The number of piperidine rings is 1. The van der Waals surface area contributed by atoms with Crippen LogP contribution in [0, 0.1) is 18.7 Å². The molecule has 1 N–H and O–H groups in total. The molecular formula is C28H38FNO5. The molecule has 1 heterocycles. The Hall–Kier alpha value is -2.64. The molecule has 1 fully saturated rings. The number of aliphatic hydroxyl groups is 1. The van der Waals surface area contributed by atoms with Gasteiger partial charge in [-0.2, -0.15) is 0 Å². The van der Waals surface area contributed by atoms with Crippen LogP contribution in [-0.2, 0) is 15.1 Å². The van der Waals surface area contributed by atoms with Gasteiger partial charge in [0.25, 0.3) is 0 Å². The number of halogens is 1. The van der Waals surface area contributed by atoms with Gasteiger partial charge in [0.1, 0.15) is 11.4 Å². The van der Waals surface area contributed by atoms with E-state index in [-0.39, 0.29) is 23.8 Å². The summed E-state index contributed by atoms with van der Waals surface area (Å²) in [6, 6.07) is 12.3. The topological polar surface area (TPSA) is 68.2 Å². The fourth-order valence-electron chi connectivity index (χ4n) is 4.62. The zero-order chi connectivity index (χ0) is 25.6. The van der Waals surface area contributed by atoms with Crippen LogP contribution in [0.2, 0.25) is 0 Å². The first kappa shape index (κ1) is 27.0. The highest BCUT2D eigenvalue weighted by Crippen LogP contribution is 2.43. The lowest BCUT2D eigenvalue weighted by Crippen LogP contribution is -2.49. The number of aryl methyl sites for hydroxylation is 1. The molecule has 1 aliphatic rings. The van der Waals surface area contributed by atoms with Crippen molar-refractivity contribution in [2.45, 2.75) is 64.6 Å². The standard InChI is InChI=1S/C28H38FNO5/c1-20-11-6-7-14-23(20)34-24-15-8-13-22(25(24)29)28(32,16-10-18-33-5)21-12-9-17-30(19-21)26(31)35-27(2,3)4/h6-8,11,13-15,21,32H,9-10,12,16-19H2,1-5H3/t21-,28+/m1/s1. The minimum atomic E-state index is -1.51. The van der Waals surface area contributed by atoms with Gasteiger partial charge in [0, 0.05) is 38.3 Å². The van der Waals surface area contributed by atoms with Crippen molar-refractivity contribution in [3.8, 4) is 11.5 Å². The van der Waals surface area contributed by atoms with Crippen molar-refractivity contribution in [3.63, 3.8) is 0 Å². The Kier molecular flexibility index (Phi) is 8.78. The SMILES string of the molecule is COCCC[C@@](O)(c1cccc(Oc2ccccc2C)c1F)[C@@H]1CCCN(C(=O)OC(C)(C)C)C1. The summed E-state index contributed by atoms with van der Waals surface area (Å²) in [5, 5.41) is 12.1. The van der Waals surface area contributed by atoms with Crippen molar-refractivity contribution in [3.05, 3.63) is 59.4 Å². The van der Waals surface area contributed by atoms with Crippen LogP contribution < -0.4 is 4.74 Å². The van der Waals surface area contributed by atoms with E-state index in [9.17, 15) is 9.90 Å². The predicted molar refractivity (Wildman–Crippen MR) is 133 cm³/mol. The molecule has 35 heavy (non-hydrogen) atoms. The van der Waals surface area contributed by atoms with E-state index in [0.717, 1.165) is 5.56 Å². The molecule has 192 valence electrons. The normalized spacial score (nSPS) is 18.1. The summed E-state index contributed by atoms with van der Waals surface area (Å²) < 4.78 is 32.6. The van der Waals surface area contributed by atoms with Gasteiger partial charge in [-0.3, -0.25) is 0 Å². The van der Waals surface area contributed by atoms with E-state index in [4.69, 9.17) is 14.2 Å². The Morgan fingerprint density at radius 2 is 1.86 bits per heavy atom. The van der Waals surface area contributed by atoms with E-state index in [1.807, 2.05) is 45.9 Å². The molecular weight excluding hydrogens is 449 g/mol. The van der Waals surface area contributed by atoms with Crippen molar-refractivity contribution >= 4 is 6.09 Å². The Labute approximate surface area is 208 Å². The lowest BCUT2D eigenvalue weighted by atomic mass is 9.74. The van der Waals surface area contributed by atoms with Crippen molar-refractivity contribution in [1.82, 2.24) is 4.90 Å². The molecule has 3 rings (SSSR count). The molecule has 1 aliphatic heterocycles. The molecule has 0 saturated carbocycles. The molecule has 2 aromatic rings. The Balaban J connectivity index is 1.93. The van der Waals surface area contributed by atoms with Gasteiger partial charge < -0.3 is 24.2 Å². The molecule has 0 unspecified atom stereocenters. The molecule has 0 bridgehead atoms. The minimum Gasteiger partial charge on any atom is -0.454 e. The van der Waals surface area contributed by atoms with Gasteiger partial charge in [0.15, 0.2) is 11.6 Å². The number of para-hydroxylation sites is 1. The number of hydrogen-bond donors (Lipinski definition) is 1. The Morgan fingerprint density at radius 3 is 2.54 bits per heavy atom. The molecule has 2 atom stereocenters. The summed E-state index contributed by atoms with van der Waals surface area (Å²) in [5.41, 5.74) is -1.07. The van der Waals surface area contributed by atoms with Gasteiger partial charge in [-0.25, -0.2) is 9.18 Å². The fourth-order valence-corrected chi connectivity index (χ4v) is 4.62. The Morgan fingerprint density at radius 1 is 1.14 bits per heavy atom. The number of ether oxygens (including phenoxy) is 3. The van der Waals surface area contributed by atoms with Gasteiger partial charge in [-0.05, 0) is 71.1 Å². The fraction of sp³-hybridized carbons (Fsp3) is 0.536. The van der Waals surface area contributed by atoms with Crippen LogP contribution in [0.5, 0.6) is 11.5 Å². The second-order valence-electron chi connectivity index (χ2n) is 10.3. The van der Waals surface area contributed by atoms with Gasteiger partial charge in [0.05, 0.1) is 5.60 Å². The highest BCUT2D eigenvalue weighted by atomic mass is 19.1. The third-order valence-corrected chi connectivity index (χ3v) is 6.40. The minimum absolute atomic E-state index is 0.0572. The number of likely N-dealkylation sites (tertiary alicyclic amines) is 1. The van der Waals surface area contributed by atoms with Gasteiger partial charge in [-0.1, -0.05) is 30.3 Å². The maximum absolute atomic E-state index is 15.9. The average molecular weight is 488 g/mol. The van der Waals surface area contributed by atoms with Crippen LogP contribution in [-0.4, -0.2) is 48.5 Å². The highest BCUT2D eigenvalue weighted by molar-refractivity contribution is 5.68. The number of hydrogen-bond acceptors (Lipinski definition) is 5. The summed E-state index contributed by atoms with van der Waals surface area (Å²) in [4.78, 5) is 14.4. The van der Waals surface area contributed by atoms with Crippen LogP contribution in [0.25, 0.3) is 0 Å². The van der Waals surface area contributed by atoms with Gasteiger partial charge in [-0.15, -0.1) is 0 Å². The van der Waals surface area contributed by atoms with Crippen molar-refractivity contribution in [2.24, 2.45) is 5.92 Å². The molecule has 0 aromatic heterocycles. The number of rotatable bonds is 8. The quantitative estimate of drug-likeness (QED) is 0.450. The highest BCUT2D eigenvalue weighted by Gasteiger charge is 2.43. The average Bonchev–Trinajstić information content (AvgIpc) is 2.81. The monoisotopic (exact) mass is 487 g/mol. The summed E-state index contributed by atoms with van der Waals surface area (Å²) in [6.45, 7) is 8.62.